The minimum absolute atomic E-state index is 0.0289. The maximum absolute atomic E-state index is 12.7. The standard InChI is InChI=1S/C25H30N2O5S/c1-25(2,14-22(28)27(12-13-33-3)15-23(29)30)26-24(31)32-16-21-19-10-6-4-8-17(19)18-9-5-7-11-20(18)21/h4-11,21H,12-16H2,1-3H3,(H,26,31)(H,29,30). The predicted octanol–water partition coefficient (Wildman–Crippen LogP) is 3.97. The number of hydrogen-bond donors (Lipinski definition) is 2. The topological polar surface area (TPSA) is 95.9 Å². The van der Waals surface area contributed by atoms with E-state index in [-0.39, 0.29) is 31.4 Å². The van der Waals surface area contributed by atoms with Crippen molar-refractivity contribution in [3.8, 4) is 11.1 Å². The Kier molecular flexibility index (Phi) is 8.02. The van der Waals surface area contributed by atoms with Crippen LogP contribution in [0.3, 0.4) is 0 Å². The zero-order valence-corrected chi connectivity index (χ0v) is 20.0. The molecule has 0 saturated heterocycles. The molecule has 0 heterocycles. The number of benzene rings is 2. The van der Waals surface area contributed by atoms with Crippen LogP contribution >= 0.6 is 11.8 Å². The Hall–Kier alpha value is -3.00. The molecule has 176 valence electrons. The van der Waals surface area contributed by atoms with Gasteiger partial charge in [-0.3, -0.25) is 9.59 Å². The maximum atomic E-state index is 12.7. The first-order chi connectivity index (χ1) is 15.7. The molecule has 1 aliphatic rings. The monoisotopic (exact) mass is 470 g/mol. The summed E-state index contributed by atoms with van der Waals surface area (Å²) in [4.78, 5) is 37.7. The van der Waals surface area contributed by atoms with Crippen molar-refractivity contribution in [3.63, 3.8) is 0 Å². The first-order valence-corrected chi connectivity index (χ1v) is 12.2. The van der Waals surface area contributed by atoms with Crippen molar-refractivity contribution in [1.29, 1.82) is 0 Å². The lowest BCUT2D eigenvalue weighted by Gasteiger charge is -2.29. The number of nitrogens with one attached hydrogen (secondary N) is 1. The minimum atomic E-state index is -1.06. The molecule has 0 aromatic heterocycles. The molecule has 0 atom stereocenters. The zero-order valence-electron chi connectivity index (χ0n) is 19.2. The van der Waals surface area contributed by atoms with Gasteiger partial charge in [0.25, 0.3) is 0 Å². The molecule has 2 aromatic carbocycles. The number of fused-ring (bicyclic) bond motifs is 3. The fraction of sp³-hybridized carbons (Fsp3) is 0.400. The van der Waals surface area contributed by atoms with Gasteiger partial charge >= 0.3 is 12.1 Å². The van der Waals surface area contributed by atoms with Crippen LogP contribution in [0.5, 0.6) is 0 Å². The number of hydrogen-bond acceptors (Lipinski definition) is 5. The van der Waals surface area contributed by atoms with Crippen molar-refractivity contribution >= 4 is 29.7 Å². The van der Waals surface area contributed by atoms with Gasteiger partial charge in [-0.1, -0.05) is 48.5 Å². The van der Waals surface area contributed by atoms with Crippen LogP contribution in [-0.4, -0.2) is 65.2 Å². The van der Waals surface area contributed by atoms with E-state index < -0.39 is 17.6 Å². The molecular formula is C25H30N2O5S. The second-order valence-corrected chi connectivity index (χ2v) is 9.70. The highest BCUT2D eigenvalue weighted by molar-refractivity contribution is 7.98. The van der Waals surface area contributed by atoms with Gasteiger partial charge in [0.1, 0.15) is 13.2 Å². The van der Waals surface area contributed by atoms with Gasteiger partial charge in [0.2, 0.25) is 5.91 Å². The highest BCUT2D eigenvalue weighted by Gasteiger charge is 2.31. The molecule has 0 radical (unpaired) electrons. The first kappa shape index (κ1) is 24.6. The first-order valence-electron chi connectivity index (χ1n) is 10.8. The molecule has 3 rings (SSSR count). The highest BCUT2D eigenvalue weighted by Crippen LogP contribution is 2.44. The van der Waals surface area contributed by atoms with Gasteiger partial charge in [0.15, 0.2) is 0 Å². The third kappa shape index (κ3) is 6.28. The minimum Gasteiger partial charge on any atom is -0.480 e. The fourth-order valence-corrected chi connectivity index (χ4v) is 4.50. The van der Waals surface area contributed by atoms with Gasteiger partial charge in [-0.15, -0.1) is 0 Å². The van der Waals surface area contributed by atoms with Crippen LogP contribution in [0.15, 0.2) is 48.5 Å². The molecule has 0 spiro atoms. The number of amides is 2. The zero-order chi connectivity index (χ0) is 24.0. The van der Waals surface area contributed by atoms with E-state index in [4.69, 9.17) is 9.84 Å². The summed E-state index contributed by atoms with van der Waals surface area (Å²) in [6.45, 7) is 3.61. The Balaban J connectivity index is 1.60. The highest BCUT2D eigenvalue weighted by atomic mass is 32.2. The average molecular weight is 471 g/mol. The molecule has 1 aliphatic carbocycles. The van der Waals surface area contributed by atoms with Crippen molar-refractivity contribution in [1.82, 2.24) is 10.2 Å². The molecule has 0 aliphatic heterocycles. The van der Waals surface area contributed by atoms with Crippen molar-refractivity contribution in [2.75, 3.05) is 31.7 Å². The van der Waals surface area contributed by atoms with Crippen LogP contribution in [-0.2, 0) is 14.3 Å². The normalized spacial score (nSPS) is 12.6. The quantitative estimate of drug-likeness (QED) is 0.546. The summed E-state index contributed by atoms with van der Waals surface area (Å²) in [5, 5.41) is 11.9. The van der Waals surface area contributed by atoms with Crippen LogP contribution in [0.2, 0.25) is 0 Å². The summed E-state index contributed by atoms with van der Waals surface area (Å²) in [5.41, 5.74) is 3.65. The molecule has 0 fully saturated rings. The number of aliphatic carboxylic acids is 1. The molecule has 7 nitrogen and oxygen atoms in total. The van der Waals surface area contributed by atoms with Crippen molar-refractivity contribution in [3.05, 3.63) is 59.7 Å². The number of carboxylic acids is 1. The number of carboxylic acid groups (broad SMARTS) is 1. The summed E-state index contributed by atoms with van der Waals surface area (Å²) in [6, 6.07) is 16.2. The third-order valence-corrected chi connectivity index (χ3v) is 6.21. The number of carbonyl (C=O) groups is 3. The van der Waals surface area contributed by atoms with Gasteiger partial charge < -0.3 is 20.1 Å². The van der Waals surface area contributed by atoms with E-state index in [1.54, 1.807) is 13.8 Å². The van der Waals surface area contributed by atoms with Crippen molar-refractivity contribution in [2.45, 2.75) is 31.7 Å². The molecule has 2 N–H and O–H groups in total. The van der Waals surface area contributed by atoms with E-state index in [9.17, 15) is 14.4 Å². The van der Waals surface area contributed by atoms with Crippen LogP contribution in [0.25, 0.3) is 11.1 Å². The van der Waals surface area contributed by atoms with Gasteiger partial charge in [-0.25, -0.2) is 4.79 Å². The Labute approximate surface area is 198 Å². The van der Waals surface area contributed by atoms with Gasteiger partial charge in [-0.2, -0.15) is 11.8 Å². The molecule has 0 bridgehead atoms. The van der Waals surface area contributed by atoms with Crippen molar-refractivity contribution < 1.29 is 24.2 Å². The number of ether oxygens (including phenoxy) is 1. The van der Waals surface area contributed by atoms with E-state index in [2.05, 4.69) is 29.6 Å². The van der Waals surface area contributed by atoms with Crippen LogP contribution < -0.4 is 5.32 Å². The lowest BCUT2D eigenvalue weighted by Crippen LogP contribution is -2.49. The van der Waals surface area contributed by atoms with E-state index in [1.807, 2.05) is 30.5 Å². The number of rotatable bonds is 10. The lowest BCUT2D eigenvalue weighted by atomic mass is 9.98. The number of alkyl carbamates (subject to hydrolysis) is 1. The lowest BCUT2D eigenvalue weighted by molar-refractivity contribution is -0.144. The Morgan fingerprint density at radius 1 is 1.06 bits per heavy atom. The molecule has 8 heteroatoms. The molecular weight excluding hydrogens is 440 g/mol. The Bertz CT molecular complexity index is 978. The van der Waals surface area contributed by atoms with Crippen LogP contribution in [0.1, 0.15) is 37.3 Å². The van der Waals surface area contributed by atoms with E-state index in [1.165, 1.54) is 16.7 Å². The summed E-state index contributed by atoms with van der Waals surface area (Å²) >= 11 is 1.54. The van der Waals surface area contributed by atoms with E-state index >= 15 is 0 Å². The van der Waals surface area contributed by atoms with Gasteiger partial charge in [0.05, 0.1) is 0 Å². The van der Waals surface area contributed by atoms with E-state index in [0.29, 0.717) is 12.3 Å². The predicted molar refractivity (Wildman–Crippen MR) is 129 cm³/mol. The van der Waals surface area contributed by atoms with Gasteiger partial charge in [-0.05, 0) is 42.4 Å². The second-order valence-electron chi connectivity index (χ2n) is 8.71. The Morgan fingerprint density at radius 2 is 1.64 bits per heavy atom. The number of nitrogens with zero attached hydrogens (tertiary/aromatic N) is 1. The average Bonchev–Trinajstić information content (AvgIpc) is 3.08. The molecule has 2 amide bonds. The van der Waals surface area contributed by atoms with E-state index in [0.717, 1.165) is 22.3 Å². The maximum Gasteiger partial charge on any atom is 0.407 e. The SMILES string of the molecule is CSCCN(CC(=O)O)C(=O)CC(C)(C)NC(=O)OCC1c2ccccc2-c2ccccc21. The van der Waals surface area contributed by atoms with Crippen LogP contribution in [0.4, 0.5) is 4.79 Å². The van der Waals surface area contributed by atoms with Crippen molar-refractivity contribution in [2.24, 2.45) is 0 Å². The molecule has 2 aromatic rings. The Morgan fingerprint density at radius 3 is 2.18 bits per heavy atom. The third-order valence-electron chi connectivity index (χ3n) is 5.62. The second kappa shape index (κ2) is 10.7. The summed E-state index contributed by atoms with van der Waals surface area (Å²) in [6.07, 6.45) is 1.26. The summed E-state index contributed by atoms with van der Waals surface area (Å²) in [5.74, 6) is -0.799. The largest absolute Gasteiger partial charge is 0.480 e. The number of carbonyl (C=O) groups excluding carboxylic acids is 2. The summed E-state index contributed by atoms with van der Waals surface area (Å²) in [7, 11) is 0. The fourth-order valence-electron chi connectivity index (χ4n) is 4.10. The van der Waals surface area contributed by atoms with Crippen LogP contribution in [0, 0.1) is 0 Å². The smallest absolute Gasteiger partial charge is 0.407 e. The molecule has 0 saturated carbocycles. The summed E-state index contributed by atoms with van der Waals surface area (Å²) < 4.78 is 5.57. The van der Waals surface area contributed by atoms with Gasteiger partial charge in [0, 0.05) is 30.2 Å². The molecule has 0 unspecified atom stereocenters. The number of thioether (sulfide) groups is 1. The molecule has 33 heavy (non-hydrogen) atoms.